The van der Waals surface area contributed by atoms with Crippen molar-refractivity contribution in [3.63, 3.8) is 0 Å². The molecule has 6 heteroatoms. The second-order valence-electron chi connectivity index (χ2n) is 4.17. The number of thiazole rings is 1. The summed E-state index contributed by atoms with van der Waals surface area (Å²) in [5.41, 5.74) is 7.65. The Hall–Kier alpha value is -1.27. The molecule has 0 atom stereocenters. The molecule has 1 amide bonds. The van der Waals surface area contributed by atoms with Crippen LogP contribution in [-0.2, 0) is 4.79 Å². The number of aromatic nitrogens is 1. The van der Waals surface area contributed by atoms with E-state index in [0.717, 1.165) is 20.1 Å². The van der Waals surface area contributed by atoms with Crippen LogP contribution >= 0.6 is 23.1 Å². The molecule has 2 aromatic rings. The first-order valence-corrected chi connectivity index (χ1v) is 7.27. The Labute approximate surface area is 114 Å². The lowest BCUT2D eigenvalue weighted by atomic mass is 10.3. The molecule has 2 rings (SSSR count). The lowest BCUT2D eigenvalue weighted by Crippen LogP contribution is -2.23. The third kappa shape index (κ3) is 2.76. The Kier molecular flexibility index (Phi) is 3.77. The Balaban J connectivity index is 2.22. The molecule has 0 saturated carbocycles. The van der Waals surface area contributed by atoms with E-state index in [0.29, 0.717) is 11.4 Å². The van der Waals surface area contributed by atoms with Crippen LogP contribution in [0.3, 0.4) is 0 Å². The summed E-state index contributed by atoms with van der Waals surface area (Å²) in [6.45, 7) is 1.98. The summed E-state index contributed by atoms with van der Waals surface area (Å²) in [7, 11) is 3.50. The van der Waals surface area contributed by atoms with Crippen molar-refractivity contribution in [2.24, 2.45) is 0 Å². The van der Waals surface area contributed by atoms with E-state index in [9.17, 15) is 4.79 Å². The summed E-state index contributed by atoms with van der Waals surface area (Å²) in [6, 6.07) is 3.89. The molecule has 96 valence electrons. The van der Waals surface area contributed by atoms with Gasteiger partial charge in [-0.3, -0.25) is 4.79 Å². The van der Waals surface area contributed by atoms with Gasteiger partial charge in [-0.1, -0.05) is 0 Å². The van der Waals surface area contributed by atoms with Crippen LogP contribution in [0.4, 0.5) is 5.69 Å². The van der Waals surface area contributed by atoms with Crippen molar-refractivity contribution in [1.29, 1.82) is 0 Å². The number of nitrogens with zero attached hydrogens (tertiary/aromatic N) is 2. The van der Waals surface area contributed by atoms with Gasteiger partial charge in [0.1, 0.15) is 0 Å². The van der Waals surface area contributed by atoms with Crippen molar-refractivity contribution in [2.45, 2.75) is 11.8 Å². The molecule has 0 spiro atoms. The average molecular weight is 281 g/mol. The zero-order valence-corrected chi connectivity index (χ0v) is 12.2. The summed E-state index contributed by atoms with van der Waals surface area (Å²) in [4.78, 5) is 18.5. The fraction of sp³-hybridized carbons (Fsp3) is 0.333. The van der Waals surface area contributed by atoms with Crippen LogP contribution in [0.15, 0.2) is 17.0 Å². The highest BCUT2D eigenvalue weighted by molar-refractivity contribution is 8.00. The smallest absolute Gasteiger partial charge is 0.232 e. The van der Waals surface area contributed by atoms with Gasteiger partial charge in [0.25, 0.3) is 0 Å². The number of carbonyl (C=O) groups excluding carboxylic acids is 1. The molecular formula is C12H15N3OS2. The van der Waals surface area contributed by atoms with Gasteiger partial charge >= 0.3 is 0 Å². The van der Waals surface area contributed by atoms with Crippen molar-refractivity contribution in [3.05, 3.63) is 17.1 Å². The minimum atomic E-state index is 0.0777. The van der Waals surface area contributed by atoms with Crippen LogP contribution < -0.4 is 5.73 Å². The van der Waals surface area contributed by atoms with Crippen molar-refractivity contribution < 1.29 is 4.79 Å². The Morgan fingerprint density at radius 1 is 1.50 bits per heavy atom. The number of hydrogen-bond donors (Lipinski definition) is 1. The van der Waals surface area contributed by atoms with E-state index in [2.05, 4.69) is 4.98 Å². The normalized spacial score (nSPS) is 10.8. The third-order valence-electron chi connectivity index (χ3n) is 2.48. The third-order valence-corrected chi connectivity index (χ3v) is 4.47. The lowest BCUT2D eigenvalue weighted by molar-refractivity contribution is -0.125. The van der Waals surface area contributed by atoms with E-state index in [1.807, 2.05) is 19.1 Å². The molecule has 0 aliphatic heterocycles. The van der Waals surface area contributed by atoms with Crippen LogP contribution in [0.25, 0.3) is 10.2 Å². The first kappa shape index (κ1) is 13.2. The largest absolute Gasteiger partial charge is 0.398 e. The van der Waals surface area contributed by atoms with Crippen molar-refractivity contribution >= 4 is 44.9 Å². The van der Waals surface area contributed by atoms with Gasteiger partial charge in [-0.15, -0.1) is 23.1 Å². The number of anilines is 1. The second kappa shape index (κ2) is 5.16. The van der Waals surface area contributed by atoms with Gasteiger partial charge in [0, 0.05) is 24.7 Å². The molecule has 0 fully saturated rings. The van der Waals surface area contributed by atoms with Gasteiger partial charge < -0.3 is 10.6 Å². The molecule has 0 aliphatic rings. The number of nitrogens with two attached hydrogens (primary N) is 1. The fourth-order valence-electron chi connectivity index (χ4n) is 1.48. The molecular weight excluding hydrogens is 266 g/mol. The van der Waals surface area contributed by atoms with E-state index in [1.54, 1.807) is 30.3 Å². The maximum atomic E-state index is 11.5. The van der Waals surface area contributed by atoms with Crippen LogP contribution in [0, 0.1) is 6.92 Å². The van der Waals surface area contributed by atoms with E-state index < -0.39 is 0 Å². The number of rotatable bonds is 3. The number of thioether (sulfide) groups is 1. The molecule has 0 bridgehead atoms. The number of nitrogen functional groups attached to an aromatic ring is 1. The molecule has 1 aromatic heterocycles. The van der Waals surface area contributed by atoms with Crippen LogP contribution in [-0.4, -0.2) is 35.6 Å². The minimum Gasteiger partial charge on any atom is -0.398 e. The standard InChI is InChI=1S/C12H15N3OS2/c1-7-14-9-5-10(8(13)4-11(9)18-7)17-6-12(16)15(2)3/h4-5H,6,13H2,1-3H3. The molecule has 0 saturated heterocycles. The van der Waals surface area contributed by atoms with Crippen LogP contribution in [0.5, 0.6) is 0 Å². The molecule has 0 radical (unpaired) electrons. The highest BCUT2D eigenvalue weighted by Gasteiger charge is 2.10. The summed E-state index contributed by atoms with van der Waals surface area (Å²) < 4.78 is 1.09. The average Bonchev–Trinajstić information content (AvgIpc) is 2.64. The molecule has 0 unspecified atom stereocenters. The maximum absolute atomic E-state index is 11.5. The number of hydrogen-bond acceptors (Lipinski definition) is 5. The number of aryl methyl sites for hydroxylation is 1. The quantitative estimate of drug-likeness (QED) is 0.693. The first-order valence-electron chi connectivity index (χ1n) is 5.47. The van der Waals surface area contributed by atoms with Gasteiger partial charge in [0.05, 0.1) is 21.0 Å². The Morgan fingerprint density at radius 2 is 2.22 bits per heavy atom. The van der Waals surface area contributed by atoms with Gasteiger partial charge in [-0.25, -0.2) is 4.98 Å². The summed E-state index contributed by atoms with van der Waals surface area (Å²) >= 11 is 3.08. The van der Waals surface area contributed by atoms with E-state index in [4.69, 9.17) is 5.73 Å². The van der Waals surface area contributed by atoms with Crippen molar-refractivity contribution in [3.8, 4) is 0 Å². The van der Waals surface area contributed by atoms with Gasteiger partial charge in [-0.05, 0) is 19.1 Å². The highest BCUT2D eigenvalue weighted by Crippen LogP contribution is 2.32. The molecule has 18 heavy (non-hydrogen) atoms. The number of amides is 1. The molecule has 1 aromatic carbocycles. The van der Waals surface area contributed by atoms with E-state index >= 15 is 0 Å². The molecule has 4 nitrogen and oxygen atoms in total. The summed E-state index contributed by atoms with van der Waals surface area (Å²) in [6.07, 6.45) is 0. The van der Waals surface area contributed by atoms with Gasteiger partial charge in [0.2, 0.25) is 5.91 Å². The molecule has 1 heterocycles. The van der Waals surface area contributed by atoms with Crippen molar-refractivity contribution in [1.82, 2.24) is 9.88 Å². The van der Waals surface area contributed by atoms with Crippen LogP contribution in [0.2, 0.25) is 0 Å². The number of benzene rings is 1. The van der Waals surface area contributed by atoms with Crippen molar-refractivity contribution in [2.75, 3.05) is 25.6 Å². The molecule has 2 N–H and O–H groups in total. The minimum absolute atomic E-state index is 0.0777. The zero-order chi connectivity index (χ0) is 13.3. The Morgan fingerprint density at radius 3 is 2.89 bits per heavy atom. The monoisotopic (exact) mass is 281 g/mol. The van der Waals surface area contributed by atoms with E-state index in [-0.39, 0.29) is 5.91 Å². The van der Waals surface area contributed by atoms with Gasteiger partial charge in [-0.2, -0.15) is 0 Å². The van der Waals surface area contributed by atoms with Crippen LogP contribution in [0.1, 0.15) is 5.01 Å². The predicted molar refractivity (Wildman–Crippen MR) is 78.2 cm³/mol. The van der Waals surface area contributed by atoms with Gasteiger partial charge in [0.15, 0.2) is 0 Å². The maximum Gasteiger partial charge on any atom is 0.232 e. The number of fused-ring (bicyclic) bond motifs is 1. The predicted octanol–water partition coefficient (Wildman–Crippen LogP) is 2.37. The topological polar surface area (TPSA) is 59.2 Å². The lowest BCUT2D eigenvalue weighted by Gasteiger charge is -2.10. The highest BCUT2D eigenvalue weighted by atomic mass is 32.2. The SMILES string of the molecule is Cc1nc2cc(SCC(=O)N(C)C)c(N)cc2s1. The number of carbonyl (C=O) groups is 1. The first-order chi connectivity index (χ1) is 8.47. The fourth-order valence-corrected chi connectivity index (χ4v) is 3.29. The Bertz CT molecular complexity index is 592. The summed E-state index contributed by atoms with van der Waals surface area (Å²) in [5.74, 6) is 0.472. The van der Waals surface area contributed by atoms with E-state index in [1.165, 1.54) is 11.8 Å². The second-order valence-corrected chi connectivity index (χ2v) is 6.42. The zero-order valence-electron chi connectivity index (χ0n) is 10.6. The molecule has 0 aliphatic carbocycles. The summed E-state index contributed by atoms with van der Waals surface area (Å²) in [5, 5.41) is 1.02.